The van der Waals surface area contributed by atoms with Crippen molar-refractivity contribution in [1.82, 2.24) is 0 Å². The second kappa shape index (κ2) is 4.70. The maximum Gasteiger partial charge on any atom is -0.0133 e. The van der Waals surface area contributed by atoms with Crippen LogP contribution in [0.25, 0.3) is 5.57 Å². The molecule has 0 bridgehead atoms. The van der Waals surface area contributed by atoms with Crippen molar-refractivity contribution in [1.29, 1.82) is 0 Å². The van der Waals surface area contributed by atoms with Crippen LogP contribution in [0.5, 0.6) is 0 Å². The van der Waals surface area contributed by atoms with E-state index in [1.54, 1.807) is 0 Å². The van der Waals surface area contributed by atoms with Crippen molar-refractivity contribution in [2.75, 3.05) is 0 Å². The molecule has 0 aromatic heterocycles. The van der Waals surface area contributed by atoms with Gasteiger partial charge < -0.3 is 0 Å². The fourth-order valence-electron chi connectivity index (χ4n) is 2.78. The van der Waals surface area contributed by atoms with Gasteiger partial charge in [-0.05, 0) is 53.0 Å². The monoisotopic (exact) mass is 248 g/mol. The molecule has 2 atom stereocenters. The summed E-state index contributed by atoms with van der Waals surface area (Å²) in [5.74, 6) is 1.61. The van der Waals surface area contributed by atoms with Crippen LogP contribution in [0.4, 0.5) is 0 Å². The Kier molecular flexibility index (Phi) is 3.02. The van der Waals surface area contributed by atoms with Crippen molar-refractivity contribution in [3.8, 4) is 0 Å². The van der Waals surface area contributed by atoms with E-state index in [9.17, 15) is 0 Å². The standard InChI is InChI=1S/C19H20/c1-13-9-10-17(19-11-14(19)2)12-18(13)15(3)16-7-5-4-6-8-16/h4-10,12,14,19H,3,11H2,1-2H3. The predicted molar refractivity (Wildman–Crippen MR) is 82.3 cm³/mol. The first-order valence-corrected chi connectivity index (χ1v) is 7.02. The van der Waals surface area contributed by atoms with E-state index in [0.29, 0.717) is 0 Å². The Bertz CT molecular complexity index is 607. The molecule has 1 aliphatic rings. The molecule has 1 fully saturated rings. The van der Waals surface area contributed by atoms with E-state index in [1.807, 2.05) is 6.07 Å². The van der Waals surface area contributed by atoms with Gasteiger partial charge in [0.05, 0.1) is 0 Å². The van der Waals surface area contributed by atoms with Gasteiger partial charge in [0.1, 0.15) is 0 Å². The van der Waals surface area contributed by atoms with Gasteiger partial charge in [0.2, 0.25) is 0 Å². The van der Waals surface area contributed by atoms with Gasteiger partial charge in [-0.15, -0.1) is 0 Å². The highest BCUT2D eigenvalue weighted by Gasteiger charge is 2.34. The fourth-order valence-corrected chi connectivity index (χ4v) is 2.78. The molecular weight excluding hydrogens is 228 g/mol. The molecule has 0 spiro atoms. The highest BCUT2D eigenvalue weighted by Crippen LogP contribution is 2.47. The van der Waals surface area contributed by atoms with E-state index in [-0.39, 0.29) is 0 Å². The molecule has 19 heavy (non-hydrogen) atoms. The zero-order valence-corrected chi connectivity index (χ0v) is 11.7. The van der Waals surface area contributed by atoms with Crippen LogP contribution in [-0.4, -0.2) is 0 Å². The molecular formula is C19H20. The first kappa shape index (κ1) is 12.2. The summed E-state index contributed by atoms with van der Waals surface area (Å²) >= 11 is 0. The van der Waals surface area contributed by atoms with Crippen LogP contribution in [-0.2, 0) is 0 Å². The molecule has 2 unspecified atom stereocenters. The van der Waals surface area contributed by atoms with Gasteiger partial charge in [-0.3, -0.25) is 0 Å². The van der Waals surface area contributed by atoms with E-state index in [4.69, 9.17) is 0 Å². The molecule has 3 rings (SSSR count). The van der Waals surface area contributed by atoms with Gasteiger partial charge >= 0.3 is 0 Å². The third-order valence-electron chi connectivity index (χ3n) is 4.25. The summed E-state index contributed by atoms with van der Waals surface area (Å²) in [5.41, 5.74) is 6.43. The van der Waals surface area contributed by atoms with Crippen LogP contribution in [0, 0.1) is 12.8 Å². The maximum atomic E-state index is 4.30. The quantitative estimate of drug-likeness (QED) is 0.702. The Morgan fingerprint density at radius 3 is 2.42 bits per heavy atom. The van der Waals surface area contributed by atoms with Crippen LogP contribution < -0.4 is 0 Å². The van der Waals surface area contributed by atoms with Crippen LogP contribution in [0.2, 0.25) is 0 Å². The van der Waals surface area contributed by atoms with Crippen molar-refractivity contribution in [2.24, 2.45) is 5.92 Å². The number of hydrogen-bond donors (Lipinski definition) is 0. The molecule has 96 valence electrons. The molecule has 0 heteroatoms. The van der Waals surface area contributed by atoms with Crippen molar-refractivity contribution >= 4 is 5.57 Å². The largest absolute Gasteiger partial charge is 0.0905 e. The zero-order chi connectivity index (χ0) is 13.4. The second-order valence-corrected chi connectivity index (χ2v) is 5.74. The van der Waals surface area contributed by atoms with Crippen LogP contribution >= 0.6 is 0 Å². The Morgan fingerprint density at radius 2 is 1.79 bits per heavy atom. The lowest BCUT2D eigenvalue weighted by Gasteiger charge is -2.12. The van der Waals surface area contributed by atoms with Gasteiger partial charge in [-0.25, -0.2) is 0 Å². The normalized spacial score (nSPS) is 21.2. The Balaban J connectivity index is 1.98. The van der Waals surface area contributed by atoms with Gasteiger partial charge in [-0.1, -0.05) is 62.0 Å². The van der Waals surface area contributed by atoms with E-state index in [2.05, 4.69) is 62.9 Å². The summed E-state index contributed by atoms with van der Waals surface area (Å²) in [6, 6.07) is 17.3. The molecule has 0 amide bonds. The molecule has 0 saturated heterocycles. The average molecular weight is 248 g/mol. The molecule has 0 aliphatic heterocycles. The van der Waals surface area contributed by atoms with E-state index in [1.165, 1.54) is 28.7 Å². The number of aryl methyl sites for hydroxylation is 1. The molecule has 0 N–H and O–H groups in total. The summed E-state index contributed by atoms with van der Waals surface area (Å²) in [7, 11) is 0. The minimum absolute atomic E-state index is 0.767. The summed E-state index contributed by atoms with van der Waals surface area (Å²) in [6.45, 7) is 8.80. The van der Waals surface area contributed by atoms with Crippen molar-refractivity contribution in [3.05, 3.63) is 77.4 Å². The van der Waals surface area contributed by atoms with Gasteiger partial charge in [0.25, 0.3) is 0 Å². The van der Waals surface area contributed by atoms with E-state index >= 15 is 0 Å². The first-order valence-electron chi connectivity index (χ1n) is 7.02. The van der Waals surface area contributed by atoms with E-state index < -0.39 is 0 Å². The molecule has 0 radical (unpaired) electrons. The molecule has 0 heterocycles. The van der Waals surface area contributed by atoms with Crippen LogP contribution in [0.15, 0.2) is 55.1 Å². The second-order valence-electron chi connectivity index (χ2n) is 5.74. The third kappa shape index (κ3) is 2.35. The highest BCUT2D eigenvalue weighted by molar-refractivity contribution is 5.80. The Hall–Kier alpha value is -1.82. The molecule has 0 nitrogen and oxygen atoms in total. The van der Waals surface area contributed by atoms with Crippen LogP contribution in [0.1, 0.15) is 41.5 Å². The summed E-state index contributed by atoms with van der Waals surface area (Å²) in [5, 5.41) is 0. The Morgan fingerprint density at radius 1 is 1.11 bits per heavy atom. The van der Waals surface area contributed by atoms with Gasteiger partial charge in [0, 0.05) is 0 Å². The Labute approximate surface area is 115 Å². The summed E-state index contributed by atoms with van der Waals surface area (Å²) < 4.78 is 0. The van der Waals surface area contributed by atoms with E-state index in [0.717, 1.165) is 17.4 Å². The molecule has 1 aliphatic carbocycles. The van der Waals surface area contributed by atoms with Crippen LogP contribution in [0.3, 0.4) is 0 Å². The van der Waals surface area contributed by atoms with Gasteiger partial charge in [-0.2, -0.15) is 0 Å². The molecule has 1 saturated carbocycles. The number of rotatable bonds is 3. The first-order chi connectivity index (χ1) is 9.16. The zero-order valence-electron chi connectivity index (χ0n) is 11.7. The topological polar surface area (TPSA) is 0 Å². The SMILES string of the molecule is C=C(c1ccccc1)c1cc(C2CC2C)ccc1C. The van der Waals surface area contributed by atoms with Crippen molar-refractivity contribution in [3.63, 3.8) is 0 Å². The van der Waals surface area contributed by atoms with Gasteiger partial charge in [0.15, 0.2) is 0 Å². The number of benzene rings is 2. The lowest BCUT2D eigenvalue weighted by Crippen LogP contribution is -1.93. The lowest BCUT2D eigenvalue weighted by molar-refractivity contribution is 0.914. The third-order valence-corrected chi connectivity index (χ3v) is 4.25. The lowest BCUT2D eigenvalue weighted by atomic mass is 9.93. The van der Waals surface area contributed by atoms with Crippen molar-refractivity contribution in [2.45, 2.75) is 26.2 Å². The molecule has 2 aromatic carbocycles. The smallest absolute Gasteiger partial charge is 0.0133 e. The summed E-state index contributed by atoms with van der Waals surface area (Å²) in [4.78, 5) is 0. The maximum absolute atomic E-state index is 4.30. The highest BCUT2D eigenvalue weighted by atomic mass is 14.4. The fraction of sp³-hybridized carbons (Fsp3) is 0.263. The number of hydrogen-bond acceptors (Lipinski definition) is 0. The average Bonchev–Trinajstić information content (AvgIpc) is 3.17. The molecule has 2 aromatic rings. The minimum Gasteiger partial charge on any atom is -0.0905 e. The minimum atomic E-state index is 0.767. The predicted octanol–water partition coefficient (Wildman–Crippen LogP) is 5.18. The van der Waals surface area contributed by atoms with Crippen molar-refractivity contribution < 1.29 is 0 Å². The summed E-state index contributed by atoms with van der Waals surface area (Å²) in [6.07, 6.45) is 1.33.